The second-order valence-electron chi connectivity index (χ2n) is 3.26. The summed E-state index contributed by atoms with van der Waals surface area (Å²) in [5, 5.41) is 18.8. The number of hydrogen-bond acceptors (Lipinski definition) is 4. The van der Waals surface area contributed by atoms with Crippen LogP contribution in [0.2, 0.25) is 0 Å². The summed E-state index contributed by atoms with van der Waals surface area (Å²) in [7, 11) is 1.49. The lowest BCUT2D eigenvalue weighted by Gasteiger charge is -2.08. The van der Waals surface area contributed by atoms with E-state index in [4.69, 9.17) is 14.3 Å². The van der Waals surface area contributed by atoms with Gasteiger partial charge in [0.15, 0.2) is 17.4 Å². The van der Waals surface area contributed by atoms with E-state index >= 15 is 0 Å². The van der Waals surface area contributed by atoms with Gasteiger partial charge in [-0.1, -0.05) is 6.07 Å². The van der Waals surface area contributed by atoms with Crippen molar-refractivity contribution < 1.29 is 24.2 Å². The van der Waals surface area contributed by atoms with Gasteiger partial charge in [-0.15, -0.1) is 0 Å². The number of carbonyl (C=O) groups is 1. The number of furan rings is 1. The van der Waals surface area contributed by atoms with Crippen molar-refractivity contribution in [3.05, 3.63) is 30.0 Å². The maximum atomic E-state index is 10.7. The average molecular weight is 222 g/mol. The zero-order valence-corrected chi connectivity index (χ0v) is 8.51. The van der Waals surface area contributed by atoms with Crippen LogP contribution in [-0.2, 0) is 4.79 Å². The van der Waals surface area contributed by atoms with Crippen molar-refractivity contribution in [3.8, 4) is 5.75 Å². The highest BCUT2D eigenvalue weighted by Gasteiger charge is 2.20. The number of ether oxygens (including phenoxy) is 1. The van der Waals surface area contributed by atoms with Gasteiger partial charge in [0.05, 0.1) is 13.4 Å². The molecule has 1 aromatic carbocycles. The smallest absolute Gasteiger partial charge is 0.337 e. The quantitative estimate of drug-likeness (QED) is 0.823. The molecule has 0 aliphatic heterocycles. The molecule has 0 saturated heterocycles. The lowest BCUT2D eigenvalue weighted by Crippen LogP contribution is -2.10. The second-order valence-corrected chi connectivity index (χ2v) is 3.26. The van der Waals surface area contributed by atoms with Crippen LogP contribution in [0.25, 0.3) is 11.0 Å². The van der Waals surface area contributed by atoms with Crippen molar-refractivity contribution >= 4 is 16.9 Å². The molecule has 1 heterocycles. The van der Waals surface area contributed by atoms with E-state index in [1.54, 1.807) is 12.1 Å². The zero-order chi connectivity index (χ0) is 11.7. The van der Waals surface area contributed by atoms with Crippen LogP contribution in [0.1, 0.15) is 11.7 Å². The molecule has 0 spiro atoms. The van der Waals surface area contributed by atoms with Gasteiger partial charge in [0, 0.05) is 10.9 Å². The molecule has 5 heteroatoms. The third kappa shape index (κ3) is 1.51. The molecule has 1 aromatic heterocycles. The summed E-state index contributed by atoms with van der Waals surface area (Å²) in [6, 6.07) is 4.67. The number of fused-ring (bicyclic) bond motifs is 1. The molecule has 0 fully saturated rings. The Morgan fingerprint density at radius 2 is 2.19 bits per heavy atom. The Morgan fingerprint density at radius 3 is 2.81 bits per heavy atom. The minimum atomic E-state index is -1.56. The first-order valence-electron chi connectivity index (χ1n) is 4.60. The molecule has 1 atom stereocenters. The predicted molar refractivity (Wildman–Crippen MR) is 55.4 cm³/mol. The normalized spacial score (nSPS) is 12.6. The van der Waals surface area contributed by atoms with Crippen molar-refractivity contribution in [3.63, 3.8) is 0 Å². The van der Waals surface area contributed by atoms with Crippen LogP contribution in [0.4, 0.5) is 0 Å². The Kier molecular flexibility index (Phi) is 2.54. The Balaban J connectivity index is 2.64. The number of benzene rings is 1. The zero-order valence-electron chi connectivity index (χ0n) is 8.51. The third-order valence-electron chi connectivity index (χ3n) is 2.36. The van der Waals surface area contributed by atoms with Crippen molar-refractivity contribution in [1.82, 2.24) is 0 Å². The molecule has 2 aromatic rings. The van der Waals surface area contributed by atoms with E-state index < -0.39 is 12.1 Å². The fraction of sp³-hybridized carbons (Fsp3) is 0.182. The summed E-state index contributed by atoms with van der Waals surface area (Å²) >= 11 is 0. The summed E-state index contributed by atoms with van der Waals surface area (Å²) in [6.45, 7) is 0. The van der Waals surface area contributed by atoms with E-state index in [1.165, 1.54) is 19.4 Å². The minimum Gasteiger partial charge on any atom is -0.493 e. The summed E-state index contributed by atoms with van der Waals surface area (Å²) in [6.07, 6.45) is -0.142. The molecule has 0 aliphatic rings. The molecule has 0 saturated carbocycles. The standard InChI is InChI=1S/C11H10O5/c1-15-8-3-2-6(9(12)11(13)14)7-4-5-16-10(7)8/h2-5,9,12H,1H3,(H,13,14). The topological polar surface area (TPSA) is 79.9 Å². The fourth-order valence-electron chi connectivity index (χ4n) is 1.59. The highest BCUT2D eigenvalue weighted by Crippen LogP contribution is 2.32. The van der Waals surface area contributed by atoms with Crippen molar-refractivity contribution in [2.45, 2.75) is 6.10 Å². The first-order chi connectivity index (χ1) is 7.65. The van der Waals surface area contributed by atoms with Gasteiger partial charge < -0.3 is 19.4 Å². The van der Waals surface area contributed by atoms with Crippen molar-refractivity contribution in [2.24, 2.45) is 0 Å². The van der Waals surface area contributed by atoms with Crippen LogP contribution in [0, 0.1) is 0 Å². The maximum absolute atomic E-state index is 10.7. The van der Waals surface area contributed by atoms with Crippen molar-refractivity contribution in [1.29, 1.82) is 0 Å². The largest absolute Gasteiger partial charge is 0.493 e. The van der Waals surface area contributed by atoms with Crippen LogP contribution in [0.3, 0.4) is 0 Å². The molecule has 0 aliphatic carbocycles. The second kappa shape index (κ2) is 3.86. The van der Waals surface area contributed by atoms with E-state index in [2.05, 4.69) is 0 Å². The highest BCUT2D eigenvalue weighted by molar-refractivity contribution is 5.90. The Bertz CT molecular complexity index is 528. The van der Waals surface area contributed by atoms with Crippen molar-refractivity contribution in [2.75, 3.05) is 7.11 Å². The molecule has 2 N–H and O–H groups in total. The fourth-order valence-corrected chi connectivity index (χ4v) is 1.59. The lowest BCUT2D eigenvalue weighted by atomic mass is 10.0. The molecule has 5 nitrogen and oxygen atoms in total. The first kappa shape index (κ1) is 10.5. The van der Waals surface area contributed by atoms with Crippen LogP contribution in [0.15, 0.2) is 28.9 Å². The number of aliphatic hydroxyl groups excluding tert-OH is 1. The number of carboxylic acid groups (broad SMARTS) is 1. The molecule has 84 valence electrons. The number of aliphatic carboxylic acids is 1. The molecular formula is C11H10O5. The highest BCUT2D eigenvalue weighted by atomic mass is 16.5. The molecule has 0 bridgehead atoms. The van der Waals surface area contributed by atoms with Gasteiger partial charge in [-0.2, -0.15) is 0 Å². The molecule has 2 rings (SSSR count). The molecular weight excluding hydrogens is 212 g/mol. The Hall–Kier alpha value is -2.01. The summed E-state index contributed by atoms with van der Waals surface area (Å²) in [5.41, 5.74) is 0.720. The third-order valence-corrected chi connectivity index (χ3v) is 2.36. The average Bonchev–Trinajstić information content (AvgIpc) is 2.75. The lowest BCUT2D eigenvalue weighted by molar-refractivity contribution is -0.146. The number of hydrogen-bond donors (Lipinski definition) is 2. The van der Waals surface area contributed by atoms with Crippen LogP contribution < -0.4 is 4.74 Å². The Morgan fingerprint density at radius 1 is 1.44 bits per heavy atom. The van der Waals surface area contributed by atoms with Crippen LogP contribution in [0.5, 0.6) is 5.75 Å². The molecule has 1 unspecified atom stereocenters. The number of methoxy groups -OCH3 is 1. The van der Waals surface area contributed by atoms with E-state index in [-0.39, 0.29) is 5.56 Å². The van der Waals surface area contributed by atoms with E-state index in [9.17, 15) is 9.90 Å². The van der Waals surface area contributed by atoms with Gasteiger partial charge in [0.25, 0.3) is 0 Å². The summed E-state index contributed by atoms with van der Waals surface area (Å²) < 4.78 is 10.2. The van der Waals surface area contributed by atoms with Gasteiger partial charge in [-0.25, -0.2) is 4.79 Å². The van der Waals surface area contributed by atoms with Crippen LogP contribution in [-0.4, -0.2) is 23.3 Å². The minimum absolute atomic E-state index is 0.289. The number of aliphatic hydroxyl groups is 1. The summed E-state index contributed by atoms with van der Waals surface area (Å²) in [4.78, 5) is 10.7. The predicted octanol–water partition coefficient (Wildman–Crippen LogP) is 1.56. The first-order valence-corrected chi connectivity index (χ1v) is 4.60. The Labute approximate surface area is 90.9 Å². The van der Waals surface area contributed by atoms with Gasteiger partial charge in [0.1, 0.15) is 0 Å². The van der Waals surface area contributed by atoms with Gasteiger partial charge >= 0.3 is 5.97 Å². The molecule has 0 amide bonds. The van der Waals surface area contributed by atoms with Crippen LogP contribution >= 0.6 is 0 Å². The molecule has 0 radical (unpaired) electrons. The number of carboxylic acids is 1. The monoisotopic (exact) mass is 222 g/mol. The van der Waals surface area contributed by atoms with E-state index in [0.717, 1.165) is 0 Å². The van der Waals surface area contributed by atoms with E-state index in [1.807, 2.05) is 0 Å². The SMILES string of the molecule is COc1ccc(C(O)C(=O)O)c2ccoc12. The number of rotatable bonds is 3. The van der Waals surface area contributed by atoms with Gasteiger partial charge in [-0.05, 0) is 12.1 Å². The van der Waals surface area contributed by atoms with E-state index in [0.29, 0.717) is 16.7 Å². The molecule has 16 heavy (non-hydrogen) atoms. The summed E-state index contributed by atoms with van der Waals surface area (Å²) in [5.74, 6) is -0.797. The maximum Gasteiger partial charge on any atom is 0.337 e. The van der Waals surface area contributed by atoms with Gasteiger partial charge in [-0.3, -0.25) is 0 Å². The van der Waals surface area contributed by atoms with Gasteiger partial charge in [0.2, 0.25) is 0 Å².